The molecule has 1 aliphatic heterocycles. The van der Waals surface area contributed by atoms with Crippen molar-refractivity contribution in [1.29, 1.82) is 0 Å². The van der Waals surface area contributed by atoms with Gasteiger partial charge in [-0.3, -0.25) is 14.9 Å². The summed E-state index contributed by atoms with van der Waals surface area (Å²) in [6, 6.07) is -1.56. The highest BCUT2D eigenvalue weighted by Gasteiger charge is 2.41. The average Bonchev–Trinajstić information content (AvgIpc) is 3.34. The van der Waals surface area contributed by atoms with E-state index in [2.05, 4.69) is 36.7 Å². The van der Waals surface area contributed by atoms with Crippen LogP contribution < -0.4 is 26.6 Å². The Morgan fingerprint density at radius 1 is 0.938 bits per heavy atom. The number of esters is 1. The van der Waals surface area contributed by atoms with E-state index in [1.54, 1.807) is 62.3 Å². The summed E-state index contributed by atoms with van der Waals surface area (Å²) in [5.41, 5.74) is -4.27. The number of carbonyl (C=O) groups excluding carboxylic acids is 5. The zero-order chi connectivity index (χ0) is 36.7. The molecule has 6 N–H and O–H groups in total. The van der Waals surface area contributed by atoms with Crippen molar-refractivity contribution in [3.05, 3.63) is 11.1 Å². The normalized spacial score (nSPS) is 17.7. The van der Waals surface area contributed by atoms with Crippen LogP contribution >= 0.6 is 11.3 Å². The lowest BCUT2D eigenvalue weighted by atomic mass is 9.98. The predicted octanol–water partition coefficient (Wildman–Crippen LogP) is 1.79. The van der Waals surface area contributed by atoms with E-state index in [1.807, 2.05) is 0 Å². The van der Waals surface area contributed by atoms with Crippen LogP contribution in [-0.4, -0.2) is 106 Å². The van der Waals surface area contributed by atoms with Crippen molar-refractivity contribution < 1.29 is 48.1 Å². The van der Waals surface area contributed by atoms with Crippen LogP contribution in [0.25, 0.3) is 0 Å². The van der Waals surface area contributed by atoms with Gasteiger partial charge in [-0.15, -0.1) is 11.3 Å². The predicted molar refractivity (Wildman–Crippen MR) is 176 cm³/mol. The van der Waals surface area contributed by atoms with Crippen molar-refractivity contribution >= 4 is 52.2 Å². The molecule has 1 aliphatic rings. The van der Waals surface area contributed by atoms with Gasteiger partial charge >= 0.3 is 18.2 Å². The maximum Gasteiger partial charge on any atom is 0.413 e. The van der Waals surface area contributed by atoms with Gasteiger partial charge in [0, 0.05) is 25.0 Å². The molecule has 270 valence electrons. The molecule has 0 aromatic carbocycles. The Morgan fingerprint density at radius 3 is 2.08 bits per heavy atom. The molecular formula is C30H49N7O10S. The number of alkyl carbamates (subject to hydrolysis) is 1. The number of rotatable bonds is 13. The molecule has 1 aromatic rings. The maximum absolute atomic E-state index is 13.5. The smallest absolute Gasteiger partial charge is 0.413 e. The number of anilines is 1. The minimum absolute atomic E-state index is 0.0152. The first-order valence-electron chi connectivity index (χ1n) is 15.3. The molecule has 1 saturated heterocycles. The summed E-state index contributed by atoms with van der Waals surface area (Å²) in [6.45, 7) is 18.3. The number of ether oxygens (including phenoxy) is 3. The first kappa shape index (κ1) is 40.1. The van der Waals surface area contributed by atoms with E-state index >= 15 is 0 Å². The number of hydrogen-bond acceptors (Lipinski definition) is 14. The Kier molecular flexibility index (Phi) is 13.3. The summed E-state index contributed by atoms with van der Waals surface area (Å²) < 4.78 is 15.8. The number of oxime groups is 1. The molecule has 18 heteroatoms. The molecule has 0 aliphatic carbocycles. The molecule has 1 aromatic heterocycles. The second kappa shape index (κ2) is 15.9. The number of carbonyl (C=O) groups is 5. The SMILES string of the molecule is CC(C)(C)OC(=O)NC[C@@H](O)CNC[C@H]1NC(=O)[C@H]1NC(=O)/C(=N\OC(C)(C)C(=O)OC(C)(C)C)c1csc(NC(=O)OC(C)(C)C)n1. The van der Waals surface area contributed by atoms with Crippen LogP contribution in [0.3, 0.4) is 0 Å². The van der Waals surface area contributed by atoms with Crippen LogP contribution in [-0.2, 0) is 33.4 Å². The monoisotopic (exact) mass is 699 g/mol. The molecule has 3 atom stereocenters. The Morgan fingerprint density at radius 2 is 1.52 bits per heavy atom. The van der Waals surface area contributed by atoms with E-state index < -0.39 is 70.6 Å². The zero-order valence-corrected chi connectivity index (χ0v) is 30.2. The van der Waals surface area contributed by atoms with Gasteiger partial charge in [0.05, 0.1) is 12.1 Å². The van der Waals surface area contributed by atoms with E-state index in [1.165, 1.54) is 19.2 Å². The topological polar surface area (TPSA) is 228 Å². The van der Waals surface area contributed by atoms with E-state index in [9.17, 15) is 29.1 Å². The number of β-lactam (4-membered cyclic amide) rings is 1. The van der Waals surface area contributed by atoms with E-state index in [0.29, 0.717) is 0 Å². The largest absolute Gasteiger partial charge is 0.457 e. The van der Waals surface area contributed by atoms with Crippen molar-refractivity contribution in [1.82, 2.24) is 26.3 Å². The second-order valence-electron chi connectivity index (χ2n) is 14.5. The van der Waals surface area contributed by atoms with Gasteiger partial charge < -0.3 is 45.4 Å². The first-order chi connectivity index (χ1) is 21.8. The Balaban J connectivity index is 2.14. The lowest BCUT2D eigenvalue weighted by Crippen LogP contribution is -2.72. The molecule has 17 nitrogen and oxygen atoms in total. The maximum atomic E-state index is 13.5. The molecule has 2 heterocycles. The quantitative estimate of drug-likeness (QED) is 0.0570. The van der Waals surface area contributed by atoms with Crippen molar-refractivity contribution in [2.75, 3.05) is 25.0 Å². The minimum atomic E-state index is -1.62. The number of aliphatic hydroxyl groups excluding tert-OH is 1. The molecule has 1 fully saturated rings. The van der Waals surface area contributed by atoms with Crippen molar-refractivity contribution in [3.8, 4) is 0 Å². The Bertz CT molecular complexity index is 1360. The Labute approximate surface area is 284 Å². The lowest BCUT2D eigenvalue weighted by Gasteiger charge is -2.37. The summed E-state index contributed by atoms with van der Waals surface area (Å²) in [6.07, 6.45) is -2.39. The van der Waals surface area contributed by atoms with Gasteiger partial charge in [0.2, 0.25) is 11.5 Å². The van der Waals surface area contributed by atoms with E-state index in [0.717, 1.165) is 11.3 Å². The minimum Gasteiger partial charge on any atom is -0.457 e. The summed E-state index contributed by atoms with van der Waals surface area (Å²) in [7, 11) is 0. The Hall–Kier alpha value is -4.03. The summed E-state index contributed by atoms with van der Waals surface area (Å²) >= 11 is 0.981. The summed E-state index contributed by atoms with van der Waals surface area (Å²) in [5.74, 6) is -2.06. The van der Waals surface area contributed by atoms with Gasteiger partial charge in [-0.25, -0.2) is 19.4 Å². The van der Waals surface area contributed by atoms with Crippen molar-refractivity contribution in [2.45, 2.75) is 117 Å². The van der Waals surface area contributed by atoms with Crippen LogP contribution in [0.1, 0.15) is 81.9 Å². The third-order valence-corrected chi connectivity index (χ3v) is 6.51. The van der Waals surface area contributed by atoms with Gasteiger partial charge in [0.15, 0.2) is 10.8 Å². The zero-order valence-electron chi connectivity index (χ0n) is 29.4. The molecule has 0 bridgehead atoms. The first-order valence-corrected chi connectivity index (χ1v) is 16.2. The van der Waals surface area contributed by atoms with E-state index in [4.69, 9.17) is 19.0 Å². The van der Waals surface area contributed by atoms with Crippen LogP contribution in [0.5, 0.6) is 0 Å². The van der Waals surface area contributed by atoms with Crippen LogP contribution in [0.4, 0.5) is 14.7 Å². The summed E-state index contributed by atoms with van der Waals surface area (Å²) in [4.78, 5) is 72.5. The molecule has 0 saturated carbocycles. The van der Waals surface area contributed by atoms with Crippen molar-refractivity contribution in [2.24, 2.45) is 5.16 Å². The third-order valence-electron chi connectivity index (χ3n) is 5.75. The van der Waals surface area contributed by atoms with Gasteiger partial charge in [-0.05, 0) is 76.2 Å². The highest BCUT2D eigenvalue weighted by Crippen LogP contribution is 2.21. The molecule has 0 unspecified atom stereocenters. The number of thiazole rings is 1. The highest BCUT2D eigenvalue weighted by atomic mass is 32.1. The molecule has 2 rings (SSSR count). The molecule has 0 radical (unpaired) electrons. The van der Waals surface area contributed by atoms with Crippen LogP contribution in [0, 0.1) is 0 Å². The number of nitrogens with one attached hydrogen (secondary N) is 5. The molecule has 4 amide bonds. The number of hydrogen-bond donors (Lipinski definition) is 6. The summed E-state index contributed by atoms with van der Waals surface area (Å²) in [5, 5.41) is 28.9. The van der Waals surface area contributed by atoms with Gasteiger partial charge in [-0.1, -0.05) is 5.16 Å². The highest BCUT2D eigenvalue weighted by molar-refractivity contribution is 7.14. The number of aliphatic hydroxyl groups is 1. The third kappa shape index (κ3) is 14.0. The number of nitrogens with zero attached hydrogens (tertiary/aromatic N) is 2. The number of aromatic nitrogens is 1. The van der Waals surface area contributed by atoms with Gasteiger partial charge in [0.1, 0.15) is 28.5 Å². The fourth-order valence-corrected chi connectivity index (χ4v) is 4.29. The van der Waals surface area contributed by atoms with Crippen LogP contribution in [0.2, 0.25) is 0 Å². The fourth-order valence-electron chi connectivity index (χ4n) is 3.61. The molecule has 0 spiro atoms. The van der Waals surface area contributed by atoms with Crippen LogP contribution in [0.15, 0.2) is 10.5 Å². The lowest BCUT2D eigenvalue weighted by molar-refractivity contribution is -0.179. The van der Waals surface area contributed by atoms with Gasteiger partial charge in [0.25, 0.3) is 5.91 Å². The molecule has 48 heavy (non-hydrogen) atoms. The average molecular weight is 700 g/mol. The van der Waals surface area contributed by atoms with Crippen molar-refractivity contribution in [3.63, 3.8) is 0 Å². The number of amides is 4. The molecular weight excluding hydrogens is 650 g/mol. The van der Waals surface area contributed by atoms with E-state index in [-0.39, 0.29) is 36.2 Å². The standard InChI is InChI=1S/C30H49N7O10S/c1-27(2,3)44-23(41)30(10,11)47-37-20(18-15-48-24(34-18)36-26(43)46-29(7,8)9)22(40)35-19-17(33-21(19)39)14-31-12-16(38)13-32-25(42)45-28(4,5)6/h15-17,19,31,38H,12-14H2,1-11H3,(H,32,42)(H,33,39)(H,35,40)(H,34,36,43)/b37-20-/t16-,17+,19-/m0/s1. The van der Waals surface area contributed by atoms with Gasteiger partial charge in [-0.2, -0.15) is 0 Å². The second-order valence-corrected chi connectivity index (χ2v) is 15.3. The fraction of sp³-hybridized carbons (Fsp3) is 0.700.